The van der Waals surface area contributed by atoms with Gasteiger partial charge >= 0.3 is 11.3 Å². The first kappa shape index (κ1) is 21.0. The molecule has 2 aromatic carbocycles. The number of anilines is 1. The molecule has 1 aliphatic heterocycles. The number of aliphatic imine (C=N–C) groups is 1. The zero-order valence-corrected chi connectivity index (χ0v) is 16.9. The van der Waals surface area contributed by atoms with Crippen LogP contribution in [0.25, 0.3) is 0 Å². The van der Waals surface area contributed by atoms with E-state index in [0.29, 0.717) is 16.2 Å². The lowest BCUT2D eigenvalue weighted by atomic mass is 10.1. The second-order valence-electron chi connectivity index (χ2n) is 6.79. The van der Waals surface area contributed by atoms with Gasteiger partial charge in [-0.25, -0.2) is 0 Å². The topological polar surface area (TPSA) is 90.3 Å². The molecule has 6 nitrogen and oxygen atoms in total. The maximum absolute atomic E-state index is 13.2. The number of carbonyl (C=O) groups is 1. The molecular weight excluding hydrogens is 429 g/mol. The minimum atomic E-state index is -4.54. The fraction of sp³-hybridized carbons (Fsp3) is 0.143. The molecule has 3 aromatic rings. The standard InChI is InChI=1S/C21H15F3N4O2S/c1-12-8-17-18(10-15(12)21(22,23)24)28-19(29)11-16(27-17)13-4-2-5-14(9-13)31(30)20-25-6-3-7-26-20/h2-10H,11H2,1H3,(H,28,29). The van der Waals surface area contributed by atoms with Crippen molar-refractivity contribution in [3.8, 4) is 0 Å². The van der Waals surface area contributed by atoms with Crippen LogP contribution < -0.4 is 5.32 Å². The van der Waals surface area contributed by atoms with E-state index >= 15 is 0 Å². The summed E-state index contributed by atoms with van der Waals surface area (Å²) in [7, 11) is 0. The predicted molar refractivity (Wildman–Crippen MR) is 109 cm³/mol. The Hall–Kier alpha value is -3.24. The van der Waals surface area contributed by atoms with Crippen molar-refractivity contribution in [2.45, 2.75) is 29.6 Å². The molecule has 0 aliphatic carbocycles. The number of aryl methyl sites for hydroxylation is 1. The number of hydrogen-bond acceptors (Lipinski definition) is 5. The third-order valence-electron chi connectivity index (χ3n) is 4.59. The van der Waals surface area contributed by atoms with Crippen LogP contribution in [0.5, 0.6) is 0 Å². The number of amides is 1. The molecule has 1 N–H and O–H groups in total. The fourth-order valence-electron chi connectivity index (χ4n) is 3.17. The van der Waals surface area contributed by atoms with Gasteiger partial charge in [0.25, 0.3) is 0 Å². The molecule has 0 saturated heterocycles. The minimum Gasteiger partial charge on any atom is -0.604 e. The van der Waals surface area contributed by atoms with E-state index < -0.39 is 28.8 Å². The van der Waals surface area contributed by atoms with Gasteiger partial charge in [-0.1, -0.05) is 12.1 Å². The third-order valence-corrected chi connectivity index (χ3v) is 5.82. The van der Waals surface area contributed by atoms with Crippen LogP contribution in [0.15, 0.2) is 69.9 Å². The van der Waals surface area contributed by atoms with Crippen LogP contribution in [-0.4, -0.2) is 26.1 Å². The van der Waals surface area contributed by atoms with Gasteiger partial charge < -0.3 is 9.87 Å². The number of halogens is 3. The monoisotopic (exact) mass is 444 g/mol. The molecule has 0 fully saturated rings. The molecule has 1 amide bonds. The number of alkyl halides is 3. The highest BCUT2D eigenvalue weighted by molar-refractivity contribution is 7.91. The SMILES string of the molecule is Cc1cc2c(cc1C(F)(F)F)NC(=O)CC(c1cccc([S+]([O-])c3ncccn3)c1)=N2. The van der Waals surface area contributed by atoms with Crippen molar-refractivity contribution in [1.29, 1.82) is 0 Å². The second-order valence-corrected chi connectivity index (χ2v) is 8.17. The number of rotatable bonds is 3. The molecular formula is C21H15F3N4O2S. The van der Waals surface area contributed by atoms with E-state index in [9.17, 15) is 22.5 Å². The van der Waals surface area contributed by atoms with Gasteiger partial charge in [0, 0.05) is 24.0 Å². The summed E-state index contributed by atoms with van der Waals surface area (Å²) in [6.07, 6.45) is -1.72. The van der Waals surface area contributed by atoms with Crippen molar-refractivity contribution in [2.75, 3.05) is 5.32 Å². The van der Waals surface area contributed by atoms with Crippen molar-refractivity contribution < 1.29 is 22.5 Å². The van der Waals surface area contributed by atoms with Crippen LogP contribution >= 0.6 is 0 Å². The predicted octanol–water partition coefficient (Wildman–Crippen LogP) is 4.43. The van der Waals surface area contributed by atoms with Crippen LogP contribution in [0.3, 0.4) is 0 Å². The van der Waals surface area contributed by atoms with Crippen molar-refractivity contribution in [3.63, 3.8) is 0 Å². The molecule has 158 valence electrons. The lowest BCUT2D eigenvalue weighted by Crippen LogP contribution is -2.16. The smallest absolute Gasteiger partial charge is 0.416 e. The Morgan fingerprint density at radius 2 is 1.84 bits per heavy atom. The maximum Gasteiger partial charge on any atom is 0.416 e. The summed E-state index contributed by atoms with van der Waals surface area (Å²) in [5, 5.41) is 2.63. The lowest BCUT2D eigenvalue weighted by molar-refractivity contribution is -0.138. The van der Waals surface area contributed by atoms with Crippen molar-refractivity contribution in [2.24, 2.45) is 4.99 Å². The van der Waals surface area contributed by atoms with Crippen molar-refractivity contribution in [3.05, 3.63) is 71.5 Å². The summed E-state index contributed by atoms with van der Waals surface area (Å²) in [6.45, 7) is 1.34. The molecule has 1 aliphatic rings. The van der Waals surface area contributed by atoms with Gasteiger partial charge in [-0.05, 0) is 36.8 Å². The number of benzene rings is 2. The summed E-state index contributed by atoms with van der Waals surface area (Å²) in [5.74, 6) is -0.493. The number of carbonyl (C=O) groups excluding carboxylic acids is 1. The van der Waals surface area contributed by atoms with E-state index in [1.165, 1.54) is 25.4 Å². The Balaban J connectivity index is 1.75. The normalized spacial score (nSPS) is 14.9. The molecule has 1 unspecified atom stereocenters. The van der Waals surface area contributed by atoms with Gasteiger partial charge in [0.1, 0.15) is 0 Å². The Kier molecular flexibility index (Phi) is 5.50. The number of aromatic nitrogens is 2. The third kappa shape index (κ3) is 4.44. The van der Waals surface area contributed by atoms with Crippen LogP contribution in [0, 0.1) is 6.92 Å². The van der Waals surface area contributed by atoms with E-state index in [0.717, 1.165) is 6.07 Å². The Labute approximate surface area is 178 Å². The Morgan fingerprint density at radius 1 is 1.10 bits per heavy atom. The van der Waals surface area contributed by atoms with Gasteiger partial charge in [-0.15, -0.1) is 0 Å². The molecule has 0 spiro atoms. The highest BCUT2D eigenvalue weighted by atomic mass is 32.2. The summed E-state index contributed by atoms with van der Waals surface area (Å²) in [5.41, 5.74) is 0.275. The van der Waals surface area contributed by atoms with E-state index in [1.807, 2.05) is 0 Å². The molecule has 1 aromatic heterocycles. The maximum atomic E-state index is 13.2. The number of fused-ring (bicyclic) bond motifs is 1. The van der Waals surface area contributed by atoms with Gasteiger partial charge in [0.15, 0.2) is 4.90 Å². The average molecular weight is 444 g/mol. The summed E-state index contributed by atoms with van der Waals surface area (Å²) in [4.78, 5) is 25.2. The van der Waals surface area contributed by atoms with Gasteiger partial charge in [0.2, 0.25) is 5.91 Å². The lowest BCUT2D eigenvalue weighted by Gasteiger charge is -2.13. The van der Waals surface area contributed by atoms with Crippen LogP contribution in [0.2, 0.25) is 0 Å². The molecule has 2 heterocycles. The van der Waals surface area contributed by atoms with E-state index in [2.05, 4.69) is 20.3 Å². The van der Waals surface area contributed by atoms with E-state index in [4.69, 9.17) is 0 Å². The zero-order valence-electron chi connectivity index (χ0n) is 16.1. The number of nitrogens with zero attached hydrogens (tertiary/aromatic N) is 3. The van der Waals surface area contributed by atoms with Crippen molar-refractivity contribution in [1.82, 2.24) is 9.97 Å². The van der Waals surface area contributed by atoms with Crippen LogP contribution in [-0.2, 0) is 22.1 Å². The first-order valence-electron chi connectivity index (χ1n) is 9.11. The van der Waals surface area contributed by atoms with Gasteiger partial charge in [0.05, 0.1) is 40.2 Å². The molecule has 0 saturated carbocycles. The molecule has 31 heavy (non-hydrogen) atoms. The zero-order chi connectivity index (χ0) is 22.2. The van der Waals surface area contributed by atoms with Crippen LogP contribution in [0.1, 0.15) is 23.1 Å². The molecule has 1 atom stereocenters. The quantitative estimate of drug-likeness (QED) is 0.478. The van der Waals surface area contributed by atoms with E-state index in [-0.39, 0.29) is 28.5 Å². The highest BCUT2D eigenvalue weighted by Gasteiger charge is 2.34. The molecule has 4 rings (SSSR count). The van der Waals surface area contributed by atoms with Crippen LogP contribution in [0.4, 0.5) is 24.5 Å². The van der Waals surface area contributed by atoms with Gasteiger partial charge in [-0.2, -0.15) is 23.1 Å². The first-order chi connectivity index (χ1) is 14.7. The first-order valence-corrected chi connectivity index (χ1v) is 10.3. The average Bonchev–Trinajstić information content (AvgIpc) is 2.90. The Morgan fingerprint density at radius 3 is 2.55 bits per heavy atom. The second kappa shape index (κ2) is 8.12. The van der Waals surface area contributed by atoms with E-state index in [1.54, 1.807) is 30.3 Å². The summed E-state index contributed by atoms with van der Waals surface area (Å²) in [6, 6.07) is 10.4. The highest BCUT2D eigenvalue weighted by Crippen LogP contribution is 2.39. The Bertz CT molecular complexity index is 1180. The molecule has 0 bridgehead atoms. The number of hydrogen-bond donors (Lipinski definition) is 1. The molecule has 0 radical (unpaired) electrons. The molecule has 10 heteroatoms. The summed E-state index contributed by atoms with van der Waals surface area (Å²) < 4.78 is 52.4. The van der Waals surface area contributed by atoms with Crippen molar-refractivity contribution >= 4 is 34.2 Å². The minimum absolute atomic E-state index is 0.00146. The fourth-order valence-corrected chi connectivity index (χ4v) is 4.13. The summed E-state index contributed by atoms with van der Waals surface area (Å²) >= 11 is -1.64. The van der Waals surface area contributed by atoms with Gasteiger partial charge in [-0.3, -0.25) is 9.79 Å². The number of nitrogens with one attached hydrogen (secondary N) is 1. The largest absolute Gasteiger partial charge is 0.604 e.